The summed E-state index contributed by atoms with van der Waals surface area (Å²) in [5.41, 5.74) is 13.5. The zero-order chi connectivity index (χ0) is 2.71. The maximum absolute atomic E-state index is 6.75. The molecule has 0 bridgehead atoms. The summed E-state index contributed by atoms with van der Waals surface area (Å²) in [6.45, 7) is 0. The Balaban J connectivity index is -0.00000000333. The summed E-state index contributed by atoms with van der Waals surface area (Å²) in [5.74, 6) is 0. The second kappa shape index (κ2) is 57.7. The molecule has 0 fully saturated rings. The summed E-state index contributed by atoms with van der Waals surface area (Å²) in [4.78, 5) is 1.50. The Labute approximate surface area is 82.2 Å². The Hall–Kier alpha value is 1.18. The van der Waals surface area contributed by atoms with Gasteiger partial charge in [-0.1, -0.05) is 0 Å². The van der Waals surface area contributed by atoms with Crippen molar-refractivity contribution in [3.05, 3.63) is 16.0 Å². The van der Waals surface area contributed by atoms with Crippen LogP contribution in [0, 0.1) is 0 Å². The molecule has 0 aliphatic heterocycles. The monoisotopic (exact) mass is 173 g/mol. The van der Waals surface area contributed by atoms with Gasteiger partial charge < -0.3 is 11.1 Å². The molecule has 0 amide bonds. The third-order valence-corrected chi connectivity index (χ3v) is 0. The van der Waals surface area contributed by atoms with Crippen LogP contribution in [0.25, 0.3) is 16.0 Å². The fraction of sp³-hybridized carbons (Fsp3) is 0. The molecular formula is H3Cl3N3Na. The first-order valence-corrected chi connectivity index (χ1v) is 0.400. The van der Waals surface area contributed by atoms with Crippen LogP contribution in [-0.2, 0) is 0 Å². The van der Waals surface area contributed by atoms with E-state index in [1.807, 2.05) is 0 Å². The molecule has 7 heavy (non-hydrogen) atoms. The number of nitrogens with zero attached hydrogens (tertiary/aromatic N) is 3. The first-order chi connectivity index (χ1) is 1.41. The summed E-state index contributed by atoms with van der Waals surface area (Å²) >= 11 is 0. The number of halogens is 3. The van der Waals surface area contributed by atoms with E-state index in [0.717, 1.165) is 0 Å². The van der Waals surface area contributed by atoms with Crippen LogP contribution in [0.1, 0.15) is 0 Å². The molecule has 0 aromatic rings. The van der Waals surface area contributed by atoms with Crippen molar-refractivity contribution in [3.8, 4) is 0 Å². The number of rotatable bonds is 0. The van der Waals surface area contributed by atoms with Crippen LogP contribution in [0.2, 0.25) is 0 Å². The van der Waals surface area contributed by atoms with Gasteiger partial charge in [-0.15, -0.1) is 37.2 Å². The van der Waals surface area contributed by atoms with Gasteiger partial charge in [0.05, 0.1) is 0 Å². The maximum atomic E-state index is 6.75. The second-order valence-electron chi connectivity index (χ2n) is 0.0894. The van der Waals surface area contributed by atoms with E-state index >= 15 is 0 Å². The van der Waals surface area contributed by atoms with Crippen LogP contribution in [-0.4, -0.2) is 0 Å². The Morgan fingerprint density at radius 3 is 0.857 bits per heavy atom. The van der Waals surface area contributed by atoms with E-state index in [-0.39, 0.29) is 66.8 Å². The summed E-state index contributed by atoms with van der Waals surface area (Å²) in [5, 5.41) is 0. The van der Waals surface area contributed by atoms with Crippen molar-refractivity contribution >= 4 is 37.2 Å². The van der Waals surface area contributed by atoms with E-state index in [1.54, 1.807) is 0 Å². The van der Waals surface area contributed by atoms with Crippen molar-refractivity contribution in [2.24, 2.45) is 0 Å². The molecule has 0 aliphatic rings. The fourth-order valence-corrected chi connectivity index (χ4v) is 0. The van der Waals surface area contributed by atoms with Crippen molar-refractivity contribution in [2.75, 3.05) is 0 Å². The summed E-state index contributed by atoms with van der Waals surface area (Å²) < 4.78 is 0. The first-order valence-electron chi connectivity index (χ1n) is 0.400. The quantitative estimate of drug-likeness (QED) is 0.199. The summed E-state index contributed by atoms with van der Waals surface area (Å²) in [7, 11) is 0. The van der Waals surface area contributed by atoms with Gasteiger partial charge in [0.15, 0.2) is 0 Å². The van der Waals surface area contributed by atoms with Gasteiger partial charge in [0.25, 0.3) is 0 Å². The molecule has 0 saturated heterocycles. The molecule has 0 heterocycles. The van der Waals surface area contributed by atoms with Crippen LogP contribution in [0.3, 0.4) is 0 Å². The first kappa shape index (κ1) is 41.7. The maximum Gasteiger partial charge on any atom is 1.00 e. The molecule has 0 radical (unpaired) electrons. The Bertz CT molecular complexity index is 31.2. The van der Waals surface area contributed by atoms with Gasteiger partial charge in [0, 0.05) is 0 Å². The molecule has 0 saturated carbocycles. The average molecular weight is 174 g/mol. The summed E-state index contributed by atoms with van der Waals surface area (Å²) in [6, 6.07) is 0. The Kier molecular flexibility index (Phi) is 344. The number of hydrogen-bond donors (Lipinski definition) is 0. The van der Waals surface area contributed by atoms with Crippen LogP contribution < -0.4 is 29.6 Å². The Morgan fingerprint density at radius 1 is 0.857 bits per heavy atom. The third kappa shape index (κ3) is 138. The third-order valence-electron chi connectivity index (χ3n) is 0. The molecule has 0 aliphatic carbocycles. The van der Waals surface area contributed by atoms with Crippen molar-refractivity contribution < 1.29 is 29.6 Å². The molecule has 0 aromatic carbocycles. The van der Waals surface area contributed by atoms with E-state index in [0.29, 0.717) is 0 Å². The standard InChI is InChI=1S/3ClH.N3.Na/c;;;1-3-2;/h3*1H;;/q;;;-1;+1. The van der Waals surface area contributed by atoms with E-state index in [1.165, 1.54) is 4.91 Å². The van der Waals surface area contributed by atoms with Crippen LogP contribution >= 0.6 is 37.2 Å². The van der Waals surface area contributed by atoms with E-state index in [4.69, 9.17) is 11.1 Å². The van der Waals surface area contributed by atoms with Gasteiger partial charge in [-0.05, 0) is 0 Å². The van der Waals surface area contributed by atoms with Crippen molar-refractivity contribution in [3.63, 3.8) is 0 Å². The smallest absolute Gasteiger partial charge is 0.373 e. The summed E-state index contributed by atoms with van der Waals surface area (Å²) in [6.07, 6.45) is 0. The molecule has 40 valence electrons. The van der Waals surface area contributed by atoms with Gasteiger partial charge >= 0.3 is 29.6 Å². The normalized spacial score (nSPS) is 1.14. The molecule has 0 aromatic heterocycles. The molecule has 0 unspecified atom stereocenters. The minimum atomic E-state index is 0. The molecule has 0 rings (SSSR count). The van der Waals surface area contributed by atoms with E-state index in [2.05, 4.69) is 0 Å². The number of hydrogen-bond acceptors (Lipinski definition) is 0. The second-order valence-corrected chi connectivity index (χ2v) is 0.0894. The van der Waals surface area contributed by atoms with Crippen LogP contribution in [0.5, 0.6) is 0 Å². The largest absolute Gasteiger partial charge is 1.00 e. The van der Waals surface area contributed by atoms with Gasteiger partial charge in [0.2, 0.25) is 0 Å². The zero-order valence-corrected chi connectivity index (χ0v) is 8.02. The Morgan fingerprint density at radius 2 is 0.857 bits per heavy atom. The van der Waals surface area contributed by atoms with Crippen LogP contribution in [0.4, 0.5) is 0 Å². The van der Waals surface area contributed by atoms with Gasteiger partial charge in [0.1, 0.15) is 0 Å². The fourth-order valence-electron chi connectivity index (χ4n) is 0. The van der Waals surface area contributed by atoms with Crippen molar-refractivity contribution in [1.29, 1.82) is 0 Å². The minimum absolute atomic E-state index is 0. The van der Waals surface area contributed by atoms with E-state index < -0.39 is 0 Å². The predicted molar refractivity (Wildman–Crippen MR) is 31.8 cm³/mol. The van der Waals surface area contributed by atoms with Gasteiger partial charge in [-0.2, -0.15) is 0 Å². The SMILES string of the molecule is Cl.Cl.Cl.[N-]=[N+]=[N-].[Na+]. The molecule has 0 spiro atoms. The topological polar surface area (TPSA) is 58.7 Å². The van der Waals surface area contributed by atoms with Crippen molar-refractivity contribution in [1.82, 2.24) is 0 Å². The molecule has 7 heteroatoms. The zero-order valence-electron chi connectivity index (χ0n) is 3.57. The van der Waals surface area contributed by atoms with Crippen molar-refractivity contribution in [2.45, 2.75) is 0 Å². The average Bonchev–Trinajstić information content (AvgIpc) is 0.918. The van der Waals surface area contributed by atoms with Gasteiger partial charge in [-0.25, -0.2) is 0 Å². The van der Waals surface area contributed by atoms with Gasteiger partial charge in [-0.3, -0.25) is 4.91 Å². The molecule has 3 nitrogen and oxygen atoms in total. The minimum Gasteiger partial charge on any atom is -0.373 e. The van der Waals surface area contributed by atoms with Crippen LogP contribution in [0.15, 0.2) is 0 Å². The molecule has 0 atom stereocenters. The van der Waals surface area contributed by atoms with E-state index in [9.17, 15) is 0 Å². The molecular weight excluding hydrogens is 171 g/mol. The predicted octanol–water partition coefficient (Wildman–Crippen LogP) is -0.864. The molecule has 0 N–H and O–H groups in total.